The normalized spacial score (nSPS) is 9.85. The summed E-state index contributed by atoms with van der Waals surface area (Å²) in [6, 6.07) is 10.8. The molecular formula is C16H17NOY2-2. The van der Waals surface area contributed by atoms with E-state index in [0.717, 1.165) is 16.8 Å². The molecule has 2 radical (unpaired) electrons. The molecule has 0 aliphatic heterocycles. The number of benzene rings is 1. The predicted octanol–water partition coefficient (Wildman–Crippen LogP) is 3.41. The number of ketones is 1. The van der Waals surface area contributed by atoms with E-state index in [1.165, 1.54) is 0 Å². The molecule has 0 amide bonds. The summed E-state index contributed by atoms with van der Waals surface area (Å²) in [5.41, 5.74) is 4.06. The van der Waals surface area contributed by atoms with Crippen molar-refractivity contribution in [1.82, 2.24) is 4.98 Å². The van der Waals surface area contributed by atoms with Crippen LogP contribution in [0.25, 0.3) is 0 Å². The van der Waals surface area contributed by atoms with Gasteiger partial charge in [0.05, 0.1) is 5.78 Å². The fraction of sp³-hybridized carbons (Fsp3) is 0.312. The largest absolute Gasteiger partial charge is 0.759 e. The van der Waals surface area contributed by atoms with Crippen LogP contribution in [-0.2, 0) is 65.4 Å². The summed E-state index contributed by atoms with van der Waals surface area (Å²) in [7, 11) is 0. The second-order valence-corrected chi connectivity index (χ2v) is 4.95. The van der Waals surface area contributed by atoms with Crippen LogP contribution in [0.15, 0.2) is 24.3 Å². The second-order valence-electron chi connectivity index (χ2n) is 4.95. The third kappa shape index (κ3) is 4.70. The molecular weight excluding hydrogens is 400 g/mol. The molecule has 20 heavy (non-hydrogen) atoms. The summed E-state index contributed by atoms with van der Waals surface area (Å²) < 4.78 is 0. The van der Waals surface area contributed by atoms with Crippen molar-refractivity contribution in [2.45, 2.75) is 33.6 Å². The Labute approximate surface area is 171 Å². The average molecular weight is 417 g/mol. The number of carbonyl (C=O) groups excluding carboxylic acids is 1. The standard InChI is InChI=1S/C16H18NO.2Y/c1-10(2)14-9-12(4)15(17-14)16(18)13-7-5-11(3)6-8-13;;/h5-8,10H,1-4H3,(H,17,18);;/q-1;;/p-1. The first-order valence-electron chi connectivity index (χ1n) is 6.17. The molecule has 0 saturated carbocycles. The number of aryl methyl sites for hydroxylation is 2. The molecule has 0 fully saturated rings. The summed E-state index contributed by atoms with van der Waals surface area (Å²) in [6.45, 7) is 8.00. The molecule has 0 N–H and O–H groups in total. The fourth-order valence-corrected chi connectivity index (χ4v) is 1.82. The zero-order chi connectivity index (χ0) is 13.3. The molecule has 1 aromatic carbocycles. The Morgan fingerprint density at radius 1 is 1.10 bits per heavy atom. The molecule has 2 aromatic rings. The van der Waals surface area contributed by atoms with Gasteiger partial charge in [-0.05, 0) is 6.92 Å². The summed E-state index contributed by atoms with van der Waals surface area (Å²) in [5, 5.41) is 0. The molecule has 0 bridgehead atoms. The number of hydrogen-bond donors (Lipinski definition) is 0. The molecule has 100 valence electrons. The van der Waals surface area contributed by atoms with E-state index in [9.17, 15) is 4.79 Å². The topological polar surface area (TPSA) is 31.2 Å². The average Bonchev–Trinajstić information content (AvgIpc) is 2.71. The van der Waals surface area contributed by atoms with Crippen molar-refractivity contribution >= 4 is 5.78 Å². The third-order valence-corrected chi connectivity index (χ3v) is 2.98. The Kier molecular flexibility index (Phi) is 8.90. The van der Waals surface area contributed by atoms with Crippen LogP contribution in [0.1, 0.15) is 52.6 Å². The van der Waals surface area contributed by atoms with Crippen molar-refractivity contribution in [2.75, 3.05) is 0 Å². The predicted molar refractivity (Wildman–Crippen MR) is 72.0 cm³/mol. The zero-order valence-corrected chi connectivity index (χ0v) is 18.1. The van der Waals surface area contributed by atoms with E-state index < -0.39 is 0 Å². The van der Waals surface area contributed by atoms with Crippen molar-refractivity contribution in [3.05, 3.63) is 58.4 Å². The molecule has 0 aliphatic rings. The van der Waals surface area contributed by atoms with Crippen molar-refractivity contribution in [3.8, 4) is 0 Å². The van der Waals surface area contributed by atoms with E-state index in [2.05, 4.69) is 24.9 Å². The molecule has 1 aromatic heterocycles. The van der Waals surface area contributed by atoms with Crippen LogP contribution in [0.5, 0.6) is 0 Å². The SMILES string of the molecule is Cc1ccc(C(=O)c2[n-]c(C(C)C)[c-]c2C)cc1.[Y].[Y]. The Morgan fingerprint density at radius 2 is 1.65 bits per heavy atom. The van der Waals surface area contributed by atoms with Crippen molar-refractivity contribution in [2.24, 2.45) is 0 Å². The fourth-order valence-electron chi connectivity index (χ4n) is 1.82. The maximum atomic E-state index is 12.3. The molecule has 0 atom stereocenters. The van der Waals surface area contributed by atoms with Gasteiger partial charge >= 0.3 is 0 Å². The van der Waals surface area contributed by atoms with Crippen LogP contribution < -0.4 is 4.98 Å². The quantitative estimate of drug-likeness (QED) is 0.567. The maximum Gasteiger partial charge on any atom is 0.0890 e. The minimum Gasteiger partial charge on any atom is -0.759 e. The van der Waals surface area contributed by atoms with Gasteiger partial charge in [0.15, 0.2) is 0 Å². The monoisotopic (exact) mass is 417 g/mol. The van der Waals surface area contributed by atoms with Gasteiger partial charge in [0.25, 0.3) is 0 Å². The van der Waals surface area contributed by atoms with Gasteiger partial charge in [0, 0.05) is 71.0 Å². The van der Waals surface area contributed by atoms with Crippen LogP contribution in [0.4, 0.5) is 0 Å². The Bertz CT molecular complexity index is 571. The minimum absolute atomic E-state index is 0. The maximum absolute atomic E-state index is 12.3. The van der Waals surface area contributed by atoms with E-state index in [4.69, 9.17) is 0 Å². The van der Waals surface area contributed by atoms with Gasteiger partial charge in [-0.1, -0.05) is 56.5 Å². The van der Waals surface area contributed by atoms with Crippen molar-refractivity contribution < 1.29 is 70.2 Å². The molecule has 0 saturated heterocycles. The van der Waals surface area contributed by atoms with E-state index >= 15 is 0 Å². The van der Waals surface area contributed by atoms with Crippen molar-refractivity contribution in [1.29, 1.82) is 0 Å². The number of carbonyl (C=O) groups is 1. The van der Waals surface area contributed by atoms with Crippen LogP contribution in [-0.4, -0.2) is 5.78 Å². The summed E-state index contributed by atoms with van der Waals surface area (Å²) in [5.74, 6) is 0.277. The first kappa shape index (κ1) is 20.4. The van der Waals surface area contributed by atoms with Crippen LogP contribution >= 0.6 is 0 Å². The zero-order valence-electron chi connectivity index (χ0n) is 12.4. The van der Waals surface area contributed by atoms with Gasteiger partial charge in [-0.15, -0.1) is 0 Å². The summed E-state index contributed by atoms with van der Waals surface area (Å²) in [4.78, 5) is 16.7. The first-order valence-corrected chi connectivity index (χ1v) is 6.17. The molecule has 1 heterocycles. The number of aromatic nitrogens is 1. The summed E-state index contributed by atoms with van der Waals surface area (Å²) in [6.07, 6.45) is 0. The Balaban J connectivity index is 0.00000180. The number of hydrogen-bond acceptors (Lipinski definition) is 1. The minimum atomic E-state index is -0.0179. The van der Waals surface area contributed by atoms with Crippen LogP contribution in [0.2, 0.25) is 0 Å². The number of rotatable bonds is 3. The first-order chi connectivity index (χ1) is 8.49. The smallest absolute Gasteiger partial charge is 0.0890 e. The van der Waals surface area contributed by atoms with Crippen molar-refractivity contribution in [3.63, 3.8) is 0 Å². The second kappa shape index (κ2) is 8.73. The van der Waals surface area contributed by atoms with E-state index in [-0.39, 0.29) is 71.2 Å². The number of nitrogens with zero attached hydrogens (tertiary/aromatic N) is 1. The molecule has 0 spiro atoms. The van der Waals surface area contributed by atoms with Gasteiger partial charge in [-0.2, -0.15) is 0 Å². The van der Waals surface area contributed by atoms with Gasteiger partial charge in [0.2, 0.25) is 0 Å². The van der Waals surface area contributed by atoms with E-state index in [1.807, 2.05) is 38.1 Å². The molecule has 0 aliphatic carbocycles. The van der Waals surface area contributed by atoms with Crippen LogP contribution in [0.3, 0.4) is 0 Å². The Morgan fingerprint density at radius 3 is 2.10 bits per heavy atom. The van der Waals surface area contributed by atoms with E-state index in [1.54, 1.807) is 0 Å². The molecule has 0 unspecified atom stereocenters. The Hall–Kier alpha value is 0.378. The van der Waals surface area contributed by atoms with Crippen LogP contribution in [0, 0.1) is 19.9 Å². The van der Waals surface area contributed by atoms with Gasteiger partial charge in [-0.25, -0.2) is 5.56 Å². The third-order valence-electron chi connectivity index (χ3n) is 2.98. The molecule has 2 rings (SSSR count). The van der Waals surface area contributed by atoms with Gasteiger partial charge in [-0.3, -0.25) is 17.5 Å². The summed E-state index contributed by atoms with van der Waals surface area (Å²) >= 11 is 0. The van der Waals surface area contributed by atoms with Gasteiger partial charge < -0.3 is 9.78 Å². The molecule has 2 nitrogen and oxygen atoms in total. The van der Waals surface area contributed by atoms with E-state index in [0.29, 0.717) is 17.2 Å². The molecule has 4 heteroatoms. The van der Waals surface area contributed by atoms with Gasteiger partial charge in [0.1, 0.15) is 0 Å².